The van der Waals surface area contributed by atoms with E-state index < -0.39 is 11.6 Å². The summed E-state index contributed by atoms with van der Waals surface area (Å²) in [6.07, 6.45) is 5.66. The Balaban J connectivity index is 1.87. The Hall–Kier alpha value is -1.39. The van der Waals surface area contributed by atoms with Crippen LogP contribution in [0, 0.1) is 5.92 Å². The van der Waals surface area contributed by atoms with Crippen molar-refractivity contribution in [2.75, 3.05) is 20.6 Å². The van der Waals surface area contributed by atoms with Crippen LogP contribution in [0.25, 0.3) is 0 Å². The van der Waals surface area contributed by atoms with E-state index in [9.17, 15) is 9.90 Å². The number of aliphatic hydroxyl groups is 1. The van der Waals surface area contributed by atoms with Gasteiger partial charge in [0.05, 0.1) is 20.6 Å². The molecule has 1 aliphatic heterocycles. The molecule has 0 radical (unpaired) electrons. The Bertz CT molecular complexity index is 551. The summed E-state index contributed by atoms with van der Waals surface area (Å²) in [5, 5.41) is 11.4. The molecule has 1 aromatic rings. The zero-order valence-corrected chi connectivity index (χ0v) is 14.2. The molecule has 1 saturated carbocycles. The second kappa shape index (κ2) is 6.25. The third kappa shape index (κ3) is 3.02. The molecule has 1 unspecified atom stereocenters. The fourth-order valence-corrected chi connectivity index (χ4v) is 4.14. The highest BCUT2D eigenvalue weighted by atomic mass is 16.6. The Kier molecular flexibility index (Phi) is 4.47. The number of carbonyl (C=O) groups is 1. The number of hydrogen-bond acceptors (Lipinski definition) is 3. The van der Waals surface area contributed by atoms with Crippen LogP contribution in [0.3, 0.4) is 0 Å². The Labute approximate surface area is 138 Å². The van der Waals surface area contributed by atoms with Crippen molar-refractivity contribution < 1.29 is 19.1 Å². The summed E-state index contributed by atoms with van der Waals surface area (Å²) < 4.78 is 6.52. The number of nitrogens with zero attached hydrogens (tertiary/aromatic N) is 1. The van der Waals surface area contributed by atoms with E-state index in [-0.39, 0.29) is 12.1 Å². The molecule has 3 rings (SSSR count). The molecular weight excluding hydrogens is 290 g/mol. The minimum atomic E-state index is -1.51. The van der Waals surface area contributed by atoms with Crippen LogP contribution < -0.4 is 0 Å². The van der Waals surface area contributed by atoms with Gasteiger partial charge in [0.25, 0.3) is 0 Å². The molecule has 1 heterocycles. The van der Waals surface area contributed by atoms with Crippen molar-refractivity contribution in [3.05, 3.63) is 35.9 Å². The van der Waals surface area contributed by atoms with E-state index in [1.165, 1.54) is 0 Å². The molecule has 1 aliphatic carbocycles. The third-order valence-electron chi connectivity index (χ3n) is 5.68. The molecule has 2 atom stereocenters. The molecule has 2 aliphatic rings. The normalized spacial score (nSPS) is 26.8. The lowest BCUT2D eigenvalue weighted by molar-refractivity contribution is -0.921. The van der Waals surface area contributed by atoms with Crippen molar-refractivity contribution in [1.82, 2.24) is 0 Å². The summed E-state index contributed by atoms with van der Waals surface area (Å²) in [5.41, 5.74) is -0.847. The highest BCUT2D eigenvalue weighted by Crippen LogP contribution is 2.42. The molecule has 23 heavy (non-hydrogen) atoms. The first-order chi connectivity index (χ1) is 10.9. The zero-order valence-electron chi connectivity index (χ0n) is 14.2. The molecule has 0 aromatic heterocycles. The standard InChI is InChI=1S/C19H28NO3/c1-20(2)14-8-13-17(20)23-18(21)19(22,16-11-6-7-12-16)15-9-4-3-5-10-15/h3-5,9-10,16-17,22H,6-8,11-14H2,1-2H3/q+1/t17?,19-/m1/s1. The van der Waals surface area contributed by atoms with Gasteiger partial charge in [-0.2, -0.15) is 0 Å². The van der Waals surface area contributed by atoms with Crippen LogP contribution >= 0.6 is 0 Å². The minimum absolute atomic E-state index is 0.0468. The summed E-state index contributed by atoms with van der Waals surface area (Å²) in [5.74, 6) is -0.511. The van der Waals surface area contributed by atoms with Gasteiger partial charge in [-0.3, -0.25) is 4.48 Å². The van der Waals surface area contributed by atoms with Crippen LogP contribution in [0.2, 0.25) is 0 Å². The Morgan fingerprint density at radius 1 is 1.13 bits per heavy atom. The number of hydrogen-bond donors (Lipinski definition) is 1. The van der Waals surface area contributed by atoms with Gasteiger partial charge in [0, 0.05) is 18.8 Å². The van der Waals surface area contributed by atoms with Crippen LogP contribution in [-0.2, 0) is 15.1 Å². The highest BCUT2D eigenvalue weighted by molar-refractivity contribution is 5.81. The molecule has 4 nitrogen and oxygen atoms in total. The highest BCUT2D eigenvalue weighted by Gasteiger charge is 2.50. The van der Waals surface area contributed by atoms with Gasteiger partial charge in [-0.25, -0.2) is 4.79 Å². The van der Waals surface area contributed by atoms with E-state index in [4.69, 9.17) is 4.74 Å². The van der Waals surface area contributed by atoms with Crippen molar-refractivity contribution >= 4 is 5.97 Å². The maximum absolute atomic E-state index is 13.0. The molecular formula is C19H28NO3+. The van der Waals surface area contributed by atoms with Crippen molar-refractivity contribution in [3.8, 4) is 0 Å². The van der Waals surface area contributed by atoms with Crippen LogP contribution in [0.1, 0.15) is 44.1 Å². The molecule has 126 valence electrons. The maximum Gasteiger partial charge on any atom is 0.347 e. The SMILES string of the molecule is C[N+]1(C)CCCC1OC(=O)[C@@](O)(c1ccccc1)C1CCCC1. The number of rotatable bonds is 4. The largest absolute Gasteiger partial charge is 0.410 e. The van der Waals surface area contributed by atoms with Gasteiger partial charge >= 0.3 is 5.97 Å². The topological polar surface area (TPSA) is 46.5 Å². The molecule has 0 spiro atoms. The quantitative estimate of drug-likeness (QED) is 0.686. The van der Waals surface area contributed by atoms with E-state index in [2.05, 4.69) is 14.1 Å². The third-order valence-corrected chi connectivity index (χ3v) is 5.68. The van der Waals surface area contributed by atoms with E-state index in [0.29, 0.717) is 10.0 Å². The molecule has 0 amide bonds. The van der Waals surface area contributed by atoms with Crippen LogP contribution in [0.15, 0.2) is 30.3 Å². The van der Waals surface area contributed by atoms with Gasteiger partial charge in [-0.15, -0.1) is 0 Å². The molecule has 2 fully saturated rings. The van der Waals surface area contributed by atoms with Gasteiger partial charge in [0.1, 0.15) is 0 Å². The fourth-order valence-electron chi connectivity index (χ4n) is 4.14. The first kappa shape index (κ1) is 16.5. The number of benzene rings is 1. The average Bonchev–Trinajstić information content (AvgIpc) is 3.18. The van der Waals surface area contributed by atoms with Crippen molar-refractivity contribution in [2.45, 2.75) is 50.4 Å². The fraction of sp³-hybridized carbons (Fsp3) is 0.632. The summed E-state index contributed by atoms with van der Waals surface area (Å²) in [6.45, 7) is 1.01. The second-order valence-electron chi connectivity index (χ2n) is 7.62. The number of esters is 1. The smallest absolute Gasteiger partial charge is 0.347 e. The summed E-state index contributed by atoms with van der Waals surface area (Å²) in [4.78, 5) is 13.0. The minimum Gasteiger partial charge on any atom is -0.410 e. The van der Waals surface area contributed by atoms with E-state index >= 15 is 0 Å². The Morgan fingerprint density at radius 3 is 2.35 bits per heavy atom. The molecule has 4 heteroatoms. The monoisotopic (exact) mass is 318 g/mol. The second-order valence-corrected chi connectivity index (χ2v) is 7.62. The van der Waals surface area contributed by atoms with Crippen molar-refractivity contribution in [1.29, 1.82) is 0 Å². The van der Waals surface area contributed by atoms with E-state index in [0.717, 1.165) is 45.1 Å². The summed E-state index contributed by atoms with van der Waals surface area (Å²) >= 11 is 0. The molecule has 0 bridgehead atoms. The van der Waals surface area contributed by atoms with Gasteiger partial charge in [0.2, 0.25) is 6.23 Å². The maximum atomic E-state index is 13.0. The van der Waals surface area contributed by atoms with E-state index in [1.807, 2.05) is 30.3 Å². The lowest BCUT2D eigenvalue weighted by Gasteiger charge is -2.36. The first-order valence-electron chi connectivity index (χ1n) is 8.76. The van der Waals surface area contributed by atoms with Crippen LogP contribution in [0.4, 0.5) is 0 Å². The summed E-state index contributed by atoms with van der Waals surface area (Å²) in [6, 6.07) is 9.33. The number of carbonyl (C=O) groups excluding carboxylic acids is 1. The lowest BCUT2D eigenvalue weighted by Crippen LogP contribution is -2.51. The average molecular weight is 318 g/mol. The number of quaternary nitrogens is 1. The van der Waals surface area contributed by atoms with Gasteiger partial charge in [-0.05, 0) is 18.4 Å². The molecule has 1 N–H and O–H groups in total. The molecule has 1 aromatic carbocycles. The van der Waals surface area contributed by atoms with Gasteiger partial charge < -0.3 is 9.84 Å². The molecule has 1 saturated heterocycles. The first-order valence-corrected chi connectivity index (χ1v) is 8.76. The predicted octanol–water partition coefficient (Wildman–Crippen LogP) is 2.80. The van der Waals surface area contributed by atoms with Gasteiger partial charge in [0.15, 0.2) is 5.60 Å². The summed E-state index contributed by atoms with van der Waals surface area (Å²) in [7, 11) is 4.17. The van der Waals surface area contributed by atoms with Crippen molar-refractivity contribution in [3.63, 3.8) is 0 Å². The number of likely N-dealkylation sites (tertiary alicyclic amines) is 1. The van der Waals surface area contributed by atoms with Gasteiger partial charge in [-0.1, -0.05) is 43.2 Å². The number of ether oxygens (including phenoxy) is 1. The van der Waals surface area contributed by atoms with E-state index in [1.54, 1.807) is 0 Å². The predicted molar refractivity (Wildman–Crippen MR) is 88.4 cm³/mol. The zero-order chi connectivity index (χ0) is 16.5. The van der Waals surface area contributed by atoms with Crippen LogP contribution in [-0.4, -0.2) is 42.4 Å². The Morgan fingerprint density at radius 2 is 1.78 bits per heavy atom. The lowest BCUT2D eigenvalue weighted by atomic mass is 9.80. The van der Waals surface area contributed by atoms with Crippen LogP contribution in [0.5, 0.6) is 0 Å². The van der Waals surface area contributed by atoms with Crippen molar-refractivity contribution in [2.24, 2.45) is 5.92 Å².